The third-order valence-corrected chi connectivity index (χ3v) is 4.68. The standard InChI is InChI=1S/C16H15F3N6O/c17-16(18,19)12-7-11(23-24-12)15(26)25-5-2-9(3-6-25)10-1-4-20-14-13(10)21-8-22-14/h1,4,7-9H,2-3,5-6H2,(H,23,24)(H,20,21,22). The molecule has 3 aromatic rings. The van der Waals surface area contributed by atoms with Gasteiger partial charge in [-0.25, -0.2) is 9.97 Å². The van der Waals surface area contributed by atoms with E-state index in [0.717, 1.165) is 17.1 Å². The number of H-pyrrole nitrogens is 2. The SMILES string of the molecule is O=C(c1cc(C(F)(F)F)[nH]n1)N1CCC(c2ccnc3nc[nH]c23)CC1. The zero-order valence-electron chi connectivity index (χ0n) is 13.5. The molecule has 7 nitrogen and oxygen atoms in total. The fraction of sp³-hybridized carbons (Fsp3) is 0.375. The normalized spacial score (nSPS) is 16.3. The molecule has 4 heterocycles. The summed E-state index contributed by atoms with van der Waals surface area (Å²) in [5.74, 6) is -0.258. The highest BCUT2D eigenvalue weighted by atomic mass is 19.4. The van der Waals surface area contributed by atoms with Crippen molar-refractivity contribution in [3.63, 3.8) is 0 Å². The number of nitrogens with one attached hydrogen (secondary N) is 2. The van der Waals surface area contributed by atoms with Gasteiger partial charge in [0.1, 0.15) is 5.69 Å². The maximum Gasteiger partial charge on any atom is 0.432 e. The Morgan fingerprint density at radius 1 is 1.23 bits per heavy atom. The van der Waals surface area contributed by atoms with Crippen LogP contribution in [-0.2, 0) is 6.18 Å². The first kappa shape index (κ1) is 16.6. The molecule has 0 spiro atoms. The minimum atomic E-state index is -4.55. The molecule has 0 aliphatic carbocycles. The van der Waals surface area contributed by atoms with Crippen molar-refractivity contribution in [3.05, 3.63) is 41.6 Å². The number of alkyl halides is 3. The lowest BCUT2D eigenvalue weighted by molar-refractivity contribution is -0.141. The van der Waals surface area contributed by atoms with Gasteiger partial charge in [0, 0.05) is 25.4 Å². The highest BCUT2D eigenvalue weighted by molar-refractivity contribution is 5.92. The number of piperidine rings is 1. The fourth-order valence-electron chi connectivity index (χ4n) is 3.34. The van der Waals surface area contributed by atoms with Gasteiger partial charge < -0.3 is 9.88 Å². The number of pyridine rings is 1. The summed E-state index contributed by atoms with van der Waals surface area (Å²) in [4.78, 5) is 25.4. The van der Waals surface area contributed by atoms with Crippen molar-refractivity contribution in [3.8, 4) is 0 Å². The van der Waals surface area contributed by atoms with Gasteiger partial charge in [-0.2, -0.15) is 18.3 Å². The van der Waals surface area contributed by atoms with Crippen LogP contribution in [0.1, 0.15) is 40.5 Å². The molecule has 1 fully saturated rings. The number of imidazole rings is 1. The molecule has 4 rings (SSSR count). The Labute approximate surface area is 145 Å². The molecule has 0 unspecified atom stereocenters. The summed E-state index contributed by atoms with van der Waals surface area (Å²) in [6.45, 7) is 0.908. The summed E-state index contributed by atoms with van der Waals surface area (Å²) in [5.41, 5.74) is 1.40. The van der Waals surface area contributed by atoms with E-state index in [1.165, 1.54) is 4.90 Å². The molecule has 136 valence electrons. The van der Waals surface area contributed by atoms with Crippen LogP contribution in [0, 0.1) is 0 Å². The van der Waals surface area contributed by atoms with E-state index in [2.05, 4.69) is 20.1 Å². The quantitative estimate of drug-likeness (QED) is 0.732. The summed E-state index contributed by atoms with van der Waals surface area (Å²) in [6, 6.07) is 2.69. The number of halogens is 3. The Morgan fingerprint density at radius 2 is 2.00 bits per heavy atom. The van der Waals surface area contributed by atoms with Gasteiger partial charge in [-0.15, -0.1) is 0 Å². The molecule has 1 amide bonds. The molecule has 10 heteroatoms. The highest BCUT2D eigenvalue weighted by Crippen LogP contribution is 2.32. The van der Waals surface area contributed by atoms with E-state index >= 15 is 0 Å². The summed E-state index contributed by atoms with van der Waals surface area (Å²) in [5, 5.41) is 5.39. The molecule has 0 bridgehead atoms. The van der Waals surface area contributed by atoms with Gasteiger partial charge in [0.15, 0.2) is 11.3 Å². The van der Waals surface area contributed by atoms with E-state index in [1.54, 1.807) is 12.5 Å². The van der Waals surface area contributed by atoms with Crippen molar-refractivity contribution in [1.29, 1.82) is 0 Å². The van der Waals surface area contributed by atoms with E-state index < -0.39 is 17.8 Å². The number of aromatic amines is 2. The van der Waals surface area contributed by atoms with Crippen LogP contribution in [0.3, 0.4) is 0 Å². The molecule has 1 saturated heterocycles. The topological polar surface area (TPSA) is 90.6 Å². The van der Waals surface area contributed by atoms with Crippen LogP contribution in [0.15, 0.2) is 24.7 Å². The lowest BCUT2D eigenvalue weighted by Crippen LogP contribution is -2.38. The van der Waals surface area contributed by atoms with Crippen molar-refractivity contribution in [2.45, 2.75) is 24.9 Å². The van der Waals surface area contributed by atoms with Gasteiger partial charge in [-0.1, -0.05) is 0 Å². The molecule has 26 heavy (non-hydrogen) atoms. The smallest absolute Gasteiger partial charge is 0.343 e. The van der Waals surface area contributed by atoms with Crippen LogP contribution >= 0.6 is 0 Å². The third kappa shape index (κ3) is 2.91. The summed E-state index contributed by atoms with van der Waals surface area (Å²) in [6.07, 6.45) is 0.171. The van der Waals surface area contributed by atoms with Gasteiger partial charge in [0.05, 0.1) is 11.8 Å². The van der Waals surface area contributed by atoms with Crippen molar-refractivity contribution >= 4 is 17.1 Å². The predicted molar refractivity (Wildman–Crippen MR) is 85.4 cm³/mol. The van der Waals surface area contributed by atoms with Crippen LogP contribution < -0.4 is 0 Å². The van der Waals surface area contributed by atoms with Crippen molar-refractivity contribution in [2.24, 2.45) is 0 Å². The van der Waals surface area contributed by atoms with Gasteiger partial charge in [-0.05, 0) is 30.4 Å². The molecule has 1 aliphatic heterocycles. The minimum absolute atomic E-state index is 0.212. The second kappa shape index (κ2) is 6.11. The molecule has 2 N–H and O–H groups in total. The second-order valence-electron chi connectivity index (χ2n) is 6.23. The van der Waals surface area contributed by atoms with Crippen LogP contribution in [0.25, 0.3) is 11.2 Å². The molecule has 0 aromatic carbocycles. The molecular weight excluding hydrogens is 349 g/mol. The van der Waals surface area contributed by atoms with E-state index in [4.69, 9.17) is 0 Å². The summed E-state index contributed by atoms with van der Waals surface area (Å²) < 4.78 is 37.9. The summed E-state index contributed by atoms with van der Waals surface area (Å²) in [7, 11) is 0. The molecule has 1 aliphatic rings. The first-order chi connectivity index (χ1) is 12.4. The number of carbonyl (C=O) groups excluding carboxylic acids is 1. The van der Waals surface area contributed by atoms with Crippen molar-refractivity contribution in [1.82, 2.24) is 30.0 Å². The first-order valence-corrected chi connectivity index (χ1v) is 8.13. The summed E-state index contributed by atoms with van der Waals surface area (Å²) >= 11 is 0. The zero-order chi connectivity index (χ0) is 18.3. The fourth-order valence-corrected chi connectivity index (χ4v) is 3.34. The predicted octanol–water partition coefficient (Wildman–Crippen LogP) is 2.72. The molecular formula is C16H15F3N6O. The van der Waals surface area contributed by atoms with E-state index in [1.807, 2.05) is 11.2 Å². The van der Waals surface area contributed by atoms with Gasteiger partial charge >= 0.3 is 6.18 Å². The van der Waals surface area contributed by atoms with Crippen LogP contribution in [-0.4, -0.2) is 49.0 Å². The Bertz CT molecular complexity index is 939. The number of likely N-dealkylation sites (tertiary alicyclic amines) is 1. The number of hydrogen-bond acceptors (Lipinski definition) is 4. The van der Waals surface area contributed by atoms with E-state index in [0.29, 0.717) is 31.6 Å². The lowest BCUT2D eigenvalue weighted by atomic mass is 9.89. The third-order valence-electron chi connectivity index (χ3n) is 4.68. The molecule has 0 radical (unpaired) electrons. The average molecular weight is 364 g/mol. The van der Waals surface area contributed by atoms with E-state index in [9.17, 15) is 18.0 Å². The van der Waals surface area contributed by atoms with Crippen molar-refractivity contribution in [2.75, 3.05) is 13.1 Å². The number of rotatable bonds is 2. The van der Waals surface area contributed by atoms with Crippen LogP contribution in [0.4, 0.5) is 13.2 Å². The maximum absolute atomic E-state index is 12.6. The van der Waals surface area contributed by atoms with Gasteiger partial charge in [-0.3, -0.25) is 9.89 Å². The van der Waals surface area contributed by atoms with E-state index in [-0.39, 0.29) is 11.6 Å². The number of nitrogens with zero attached hydrogens (tertiary/aromatic N) is 4. The van der Waals surface area contributed by atoms with Crippen LogP contribution in [0.5, 0.6) is 0 Å². The molecule has 0 saturated carbocycles. The molecule has 0 atom stereocenters. The number of carbonyl (C=O) groups is 1. The van der Waals surface area contributed by atoms with Gasteiger partial charge in [0.25, 0.3) is 5.91 Å². The lowest BCUT2D eigenvalue weighted by Gasteiger charge is -2.31. The number of hydrogen-bond donors (Lipinski definition) is 2. The van der Waals surface area contributed by atoms with Crippen LogP contribution in [0.2, 0.25) is 0 Å². The Morgan fingerprint density at radius 3 is 2.69 bits per heavy atom. The monoisotopic (exact) mass is 364 g/mol. The number of fused-ring (bicyclic) bond motifs is 1. The average Bonchev–Trinajstić information content (AvgIpc) is 3.30. The zero-order valence-corrected chi connectivity index (χ0v) is 13.5. The Balaban J connectivity index is 1.46. The highest BCUT2D eigenvalue weighted by Gasteiger charge is 2.35. The van der Waals surface area contributed by atoms with Crippen molar-refractivity contribution < 1.29 is 18.0 Å². The van der Waals surface area contributed by atoms with Gasteiger partial charge in [0.2, 0.25) is 0 Å². The Hall–Kier alpha value is -2.91. The largest absolute Gasteiger partial charge is 0.432 e. The number of amides is 1. The first-order valence-electron chi connectivity index (χ1n) is 8.13. The maximum atomic E-state index is 12.6. The second-order valence-corrected chi connectivity index (χ2v) is 6.23. The minimum Gasteiger partial charge on any atom is -0.343 e. The molecule has 3 aromatic heterocycles. The number of aromatic nitrogens is 5. The Kier molecular flexibility index (Phi) is 3.89.